The zero-order valence-corrected chi connectivity index (χ0v) is 16.3. The molecule has 0 amide bonds. The van der Waals surface area contributed by atoms with E-state index in [1.165, 1.54) is 0 Å². The van der Waals surface area contributed by atoms with E-state index in [9.17, 15) is 0 Å². The van der Waals surface area contributed by atoms with Gasteiger partial charge in [0.05, 0.1) is 18.8 Å². The molecule has 26 heavy (non-hydrogen) atoms. The first-order valence-electron chi connectivity index (χ1n) is 9.03. The molecule has 0 radical (unpaired) electrons. The first-order chi connectivity index (χ1) is 12.4. The molecule has 1 aromatic heterocycles. The number of nitrogens with zero attached hydrogens (tertiary/aromatic N) is 2. The van der Waals surface area contributed by atoms with Crippen LogP contribution in [0.1, 0.15) is 26.3 Å². The molecule has 0 aliphatic carbocycles. The third kappa shape index (κ3) is 6.32. The lowest BCUT2D eigenvalue weighted by Gasteiger charge is -2.27. The quantitative estimate of drug-likeness (QED) is 0.746. The summed E-state index contributed by atoms with van der Waals surface area (Å²) >= 11 is 0. The Balaban J connectivity index is 1.95. The van der Waals surface area contributed by atoms with Gasteiger partial charge in [0.15, 0.2) is 0 Å². The van der Waals surface area contributed by atoms with Gasteiger partial charge >= 0.3 is 0 Å². The number of methoxy groups -OCH3 is 1. The number of anilines is 1. The lowest BCUT2D eigenvalue weighted by Crippen LogP contribution is -2.42. The Kier molecular flexibility index (Phi) is 7.42. The van der Waals surface area contributed by atoms with E-state index in [-0.39, 0.29) is 11.5 Å². The van der Waals surface area contributed by atoms with Gasteiger partial charge in [-0.25, -0.2) is 0 Å². The number of ether oxygens (including phenoxy) is 2. The predicted octanol–water partition coefficient (Wildman–Crippen LogP) is 3.24. The largest absolute Gasteiger partial charge is 0.490 e. The summed E-state index contributed by atoms with van der Waals surface area (Å²) in [6.07, 6.45) is 3.62. The number of benzene rings is 1. The van der Waals surface area contributed by atoms with Crippen molar-refractivity contribution in [2.75, 3.05) is 38.3 Å². The smallest absolute Gasteiger partial charge is 0.137 e. The van der Waals surface area contributed by atoms with Crippen molar-refractivity contribution < 1.29 is 9.47 Å². The molecule has 2 N–H and O–H groups in total. The number of rotatable bonds is 9. The molecule has 0 spiro atoms. The van der Waals surface area contributed by atoms with Crippen molar-refractivity contribution in [2.24, 2.45) is 5.73 Å². The van der Waals surface area contributed by atoms with Gasteiger partial charge in [-0.3, -0.25) is 4.98 Å². The number of hydrogen-bond acceptors (Lipinski definition) is 5. The standard InChI is InChI=1S/C21H31N3O2/c1-21(2,3)17-12-20(14-23-13-17)26-16-18(22)15-24(10-11-25-4)19-8-6-5-7-9-19/h5-9,12-14,18H,10-11,15-16,22H2,1-4H3/t18-/m0/s1. The van der Waals surface area contributed by atoms with Crippen molar-refractivity contribution in [1.82, 2.24) is 4.98 Å². The fourth-order valence-electron chi connectivity index (χ4n) is 2.61. The molecule has 0 unspecified atom stereocenters. The van der Waals surface area contributed by atoms with Gasteiger partial charge in [0.2, 0.25) is 0 Å². The second kappa shape index (κ2) is 9.55. The summed E-state index contributed by atoms with van der Waals surface area (Å²) in [5.41, 5.74) is 8.65. The summed E-state index contributed by atoms with van der Waals surface area (Å²) in [5.74, 6) is 0.760. The Labute approximate surface area is 157 Å². The Hall–Kier alpha value is -2.11. The Morgan fingerprint density at radius 3 is 2.54 bits per heavy atom. The lowest BCUT2D eigenvalue weighted by atomic mass is 9.88. The summed E-state index contributed by atoms with van der Waals surface area (Å²) < 4.78 is 11.1. The van der Waals surface area contributed by atoms with Crippen LogP contribution in [0.15, 0.2) is 48.8 Å². The number of aromatic nitrogens is 1. The highest BCUT2D eigenvalue weighted by atomic mass is 16.5. The van der Waals surface area contributed by atoms with Crippen molar-refractivity contribution in [1.29, 1.82) is 0 Å². The molecule has 5 nitrogen and oxygen atoms in total. The fourth-order valence-corrected chi connectivity index (χ4v) is 2.61. The van der Waals surface area contributed by atoms with Gasteiger partial charge in [0.25, 0.3) is 0 Å². The number of nitrogens with two attached hydrogens (primary N) is 1. The van der Waals surface area contributed by atoms with Crippen LogP contribution in [0.2, 0.25) is 0 Å². The maximum absolute atomic E-state index is 6.33. The van der Waals surface area contributed by atoms with Gasteiger partial charge in [-0.1, -0.05) is 39.0 Å². The Morgan fingerprint density at radius 1 is 1.15 bits per heavy atom. The predicted molar refractivity (Wildman–Crippen MR) is 107 cm³/mol. The minimum Gasteiger partial charge on any atom is -0.490 e. The average Bonchev–Trinajstić information content (AvgIpc) is 2.63. The second-order valence-electron chi connectivity index (χ2n) is 7.50. The lowest BCUT2D eigenvalue weighted by molar-refractivity contribution is 0.203. The zero-order chi connectivity index (χ0) is 19.0. The first kappa shape index (κ1) is 20.2. The first-order valence-corrected chi connectivity index (χ1v) is 9.03. The summed E-state index contributed by atoms with van der Waals surface area (Å²) in [6.45, 7) is 9.05. The van der Waals surface area contributed by atoms with Crippen LogP contribution in [0, 0.1) is 0 Å². The van der Waals surface area contributed by atoms with E-state index in [4.69, 9.17) is 15.2 Å². The molecule has 1 heterocycles. The van der Waals surface area contributed by atoms with Crippen LogP contribution < -0.4 is 15.4 Å². The normalized spacial score (nSPS) is 12.7. The summed E-state index contributed by atoms with van der Waals surface area (Å²) in [7, 11) is 1.71. The third-order valence-electron chi connectivity index (χ3n) is 4.18. The molecule has 1 aromatic carbocycles. The maximum atomic E-state index is 6.33. The van der Waals surface area contributed by atoms with E-state index in [2.05, 4.69) is 42.8 Å². The fraction of sp³-hybridized carbons (Fsp3) is 0.476. The van der Waals surface area contributed by atoms with Crippen molar-refractivity contribution in [3.8, 4) is 5.75 Å². The molecule has 142 valence electrons. The van der Waals surface area contributed by atoms with Crippen LogP contribution >= 0.6 is 0 Å². The molecule has 0 saturated heterocycles. The van der Waals surface area contributed by atoms with E-state index in [1.54, 1.807) is 13.3 Å². The minimum absolute atomic E-state index is 0.0404. The van der Waals surface area contributed by atoms with E-state index < -0.39 is 0 Å². The number of para-hydroxylation sites is 1. The number of hydrogen-bond donors (Lipinski definition) is 1. The average molecular weight is 357 g/mol. The van der Waals surface area contributed by atoms with Gasteiger partial charge in [-0.15, -0.1) is 0 Å². The summed E-state index contributed by atoms with van der Waals surface area (Å²) in [6, 6.07) is 12.2. The van der Waals surface area contributed by atoms with Gasteiger partial charge in [-0.2, -0.15) is 0 Å². The van der Waals surface area contributed by atoms with Gasteiger partial charge in [0.1, 0.15) is 12.4 Å². The molecular formula is C21H31N3O2. The molecule has 2 rings (SSSR count). The van der Waals surface area contributed by atoms with E-state index in [0.717, 1.165) is 23.5 Å². The second-order valence-corrected chi connectivity index (χ2v) is 7.50. The van der Waals surface area contributed by atoms with Crippen LogP contribution in [-0.4, -0.2) is 44.4 Å². The SMILES string of the molecule is COCCN(C[C@H](N)COc1cncc(C(C)(C)C)c1)c1ccccc1. The Morgan fingerprint density at radius 2 is 1.88 bits per heavy atom. The highest BCUT2D eigenvalue weighted by Gasteiger charge is 2.16. The topological polar surface area (TPSA) is 60.6 Å². The maximum Gasteiger partial charge on any atom is 0.137 e. The third-order valence-corrected chi connectivity index (χ3v) is 4.18. The molecule has 5 heteroatoms. The van der Waals surface area contributed by atoms with Crippen LogP contribution in [0.25, 0.3) is 0 Å². The molecule has 2 aromatic rings. The number of pyridine rings is 1. The van der Waals surface area contributed by atoms with Crippen LogP contribution in [-0.2, 0) is 10.2 Å². The molecular weight excluding hydrogens is 326 g/mol. The van der Waals surface area contributed by atoms with Crippen LogP contribution in [0.4, 0.5) is 5.69 Å². The zero-order valence-electron chi connectivity index (χ0n) is 16.3. The van der Waals surface area contributed by atoms with Crippen molar-refractivity contribution in [2.45, 2.75) is 32.2 Å². The molecule has 0 saturated carbocycles. The highest BCUT2D eigenvalue weighted by molar-refractivity contribution is 5.46. The van der Waals surface area contributed by atoms with Gasteiger partial charge < -0.3 is 20.1 Å². The van der Waals surface area contributed by atoms with E-state index in [0.29, 0.717) is 19.8 Å². The summed E-state index contributed by atoms with van der Waals surface area (Å²) in [5, 5.41) is 0. The molecule has 0 bridgehead atoms. The molecule has 0 fully saturated rings. The molecule has 0 aliphatic heterocycles. The summed E-state index contributed by atoms with van der Waals surface area (Å²) in [4.78, 5) is 6.51. The van der Waals surface area contributed by atoms with E-state index in [1.807, 2.05) is 30.5 Å². The van der Waals surface area contributed by atoms with Gasteiger partial charge in [-0.05, 0) is 29.2 Å². The van der Waals surface area contributed by atoms with Crippen molar-refractivity contribution >= 4 is 5.69 Å². The van der Waals surface area contributed by atoms with Crippen LogP contribution in [0.5, 0.6) is 5.75 Å². The van der Waals surface area contributed by atoms with Crippen molar-refractivity contribution in [3.63, 3.8) is 0 Å². The molecule has 1 atom stereocenters. The van der Waals surface area contributed by atoms with Crippen LogP contribution in [0.3, 0.4) is 0 Å². The molecule has 0 aliphatic rings. The van der Waals surface area contributed by atoms with E-state index >= 15 is 0 Å². The highest BCUT2D eigenvalue weighted by Crippen LogP contribution is 2.24. The Bertz CT molecular complexity index is 656. The van der Waals surface area contributed by atoms with Crippen molar-refractivity contribution in [3.05, 3.63) is 54.4 Å². The minimum atomic E-state index is -0.120. The van der Waals surface area contributed by atoms with Gasteiger partial charge in [0, 0.05) is 32.1 Å². The monoisotopic (exact) mass is 357 g/mol.